The third-order valence-corrected chi connectivity index (χ3v) is 3.17. The van der Waals surface area contributed by atoms with Crippen LogP contribution in [0.2, 0.25) is 0 Å². The molecule has 0 fully saturated rings. The molecule has 0 aliphatic rings. The Morgan fingerprint density at radius 3 is 2.83 bits per heavy atom. The van der Waals surface area contributed by atoms with Gasteiger partial charge in [0.05, 0.1) is 11.3 Å². The van der Waals surface area contributed by atoms with Gasteiger partial charge in [-0.1, -0.05) is 6.07 Å². The molecule has 8 heteroatoms. The number of nitrogens with zero attached hydrogens (tertiary/aromatic N) is 6. The number of aromatic nitrogens is 5. The van der Waals surface area contributed by atoms with Crippen LogP contribution in [0.15, 0.2) is 48.9 Å². The van der Waals surface area contributed by atoms with Gasteiger partial charge in [-0.2, -0.15) is 0 Å². The normalized spacial score (nSPS) is 10.3. The van der Waals surface area contributed by atoms with Gasteiger partial charge in [-0.05, 0) is 40.8 Å². The molecule has 0 saturated carbocycles. The van der Waals surface area contributed by atoms with Gasteiger partial charge in [0.1, 0.15) is 12.1 Å². The van der Waals surface area contributed by atoms with E-state index in [-0.39, 0.29) is 5.91 Å². The summed E-state index contributed by atoms with van der Waals surface area (Å²) in [6.45, 7) is 0. The summed E-state index contributed by atoms with van der Waals surface area (Å²) in [5.41, 5.74) is 1.91. The standard InChI is InChI=1S/C15H15N7O/c1-21(2)14-13(7-4-8-16-14)15(23)18-11-5-3-6-12(9-11)22-10-17-19-20-22/h3-10H,1-2H3,(H,18,23). The van der Waals surface area contributed by atoms with Gasteiger partial charge < -0.3 is 10.2 Å². The monoisotopic (exact) mass is 309 g/mol. The zero-order chi connectivity index (χ0) is 16.2. The predicted octanol–water partition coefficient (Wildman–Crippen LogP) is 1.38. The van der Waals surface area contributed by atoms with Crippen molar-refractivity contribution in [2.24, 2.45) is 0 Å². The molecule has 0 bridgehead atoms. The summed E-state index contributed by atoms with van der Waals surface area (Å²) >= 11 is 0. The summed E-state index contributed by atoms with van der Waals surface area (Å²) in [7, 11) is 3.69. The second kappa shape index (κ2) is 6.22. The topological polar surface area (TPSA) is 88.8 Å². The van der Waals surface area contributed by atoms with E-state index >= 15 is 0 Å². The van der Waals surface area contributed by atoms with E-state index in [1.54, 1.807) is 35.4 Å². The molecule has 0 aliphatic carbocycles. The Morgan fingerprint density at radius 1 is 1.22 bits per heavy atom. The van der Waals surface area contributed by atoms with Gasteiger partial charge in [0.2, 0.25) is 0 Å². The van der Waals surface area contributed by atoms with Crippen molar-refractivity contribution in [3.8, 4) is 5.69 Å². The van der Waals surface area contributed by atoms with Gasteiger partial charge in [0, 0.05) is 26.0 Å². The van der Waals surface area contributed by atoms with E-state index in [9.17, 15) is 4.79 Å². The highest BCUT2D eigenvalue weighted by Gasteiger charge is 2.14. The Bertz CT molecular complexity index is 814. The number of hydrogen-bond acceptors (Lipinski definition) is 6. The molecule has 2 heterocycles. The molecule has 8 nitrogen and oxygen atoms in total. The van der Waals surface area contributed by atoms with Crippen molar-refractivity contribution < 1.29 is 4.79 Å². The molecule has 0 spiro atoms. The summed E-state index contributed by atoms with van der Waals surface area (Å²) in [4.78, 5) is 18.5. The van der Waals surface area contributed by atoms with Gasteiger partial charge in [-0.3, -0.25) is 4.79 Å². The van der Waals surface area contributed by atoms with Crippen LogP contribution in [0.1, 0.15) is 10.4 Å². The minimum absolute atomic E-state index is 0.226. The average molecular weight is 309 g/mol. The molecule has 23 heavy (non-hydrogen) atoms. The number of benzene rings is 1. The minimum atomic E-state index is -0.226. The number of rotatable bonds is 4. The number of amides is 1. The molecule has 2 aromatic heterocycles. The van der Waals surface area contributed by atoms with Crippen molar-refractivity contribution in [3.05, 3.63) is 54.5 Å². The van der Waals surface area contributed by atoms with Crippen LogP contribution in [0.4, 0.5) is 11.5 Å². The predicted molar refractivity (Wildman–Crippen MR) is 85.7 cm³/mol. The molecular weight excluding hydrogens is 294 g/mol. The van der Waals surface area contributed by atoms with Crippen LogP contribution < -0.4 is 10.2 Å². The van der Waals surface area contributed by atoms with Crippen LogP contribution in [0.3, 0.4) is 0 Å². The molecule has 1 N–H and O–H groups in total. The maximum Gasteiger partial charge on any atom is 0.259 e. The van der Waals surface area contributed by atoms with Crippen molar-refractivity contribution in [3.63, 3.8) is 0 Å². The molecule has 0 saturated heterocycles. The second-order valence-corrected chi connectivity index (χ2v) is 5.03. The minimum Gasteiger partial charge on any atom is -0.362 e. The highest BCUT2D eigenvalue weighted by molar-refractivity contribution is 6.07. The van der Waals surface area contributed by atoms with E-state index in [4.69, 9.17) is 0 Å². The van der Waals surface area contributed by atoms with Crippen molar-refractivity contribution in [2.75, 3.05) is 24.3 Å². The zero-order valence-electron chi connectivity index (χ0n) is 12.7. The molecule has 0 unspecified atom stereocenters. The lowest BCUT2D eigenvalue weighted by atomic mass is 10.2. The smallest absolute Gasteiger partial charge is 0.259 e. The number of pyridine rings is 1. The van der Waals surface area contributed by atoms with Crippen LogP contribution in [-0.2, 0) is 0 Å². The Hall–Kier alpha value is -3.29. The first kappa shape index (κ1) is 14.6. The highest BCUT2D eigenvalue weighted by atomic mass is 16.1. The molecule has 3 rings (SSSR count). The van der Waals surface area contributed by atoms with E-state index < -0.39 is 0 Å². The number of carbonyl (C=O) groups excluding carboxylic acids is 1. The zero-order valence-corrected chi connectivity index (χ0v) is 12.7. The lowest BCUT2D eigenvalue weighted by Crippen LogP contribution is -2.19. The van der Waals surface area contributed by atoms with Crippen molar-refractivity contribution >= 4 is 17.4 Å². The number of anilines is 2. The van der Waals surface area contributed by atoms with E-state index in [2.05, 4.69) is 25.8 Å². The van der Waals surface area contributed by atoms with Crippen LogP contribution in [-0.4, -0.2) is 45.2 Å². The lowest BCUT2D eigenvalue weighted by Gasteiger charge is -2.15. The second-order valence-electron chi connectivity index (χ2n) is 5.03. The largest absolute Gasteiger partial charge is 0.362 e. The molecule has 0 aliphatic heterocycles. The molecule has 1 aromatic carbocycles. The first-order valence-corrected chi connectivity index (χ1v) is 6.92. The van der Waals surface area contributed by atoms with Crippen molar-refractivity contribution in [2.45, 2.75) is 0 Å². The van der Waals surface area contributed by atoms with E-state index in [1.165, 1.54) is 11.0 Å². The van der Waals surface area contributed by atoms with Crippen LogP contribution >= 0.6 is 0 Å². The molecular formula is C15H15N7O. The molecule has 1 amide bonds. The summed E-state index contributed by atoms with van der Waals surface area (Å²) in [5.74, 6) is 0.386. The maximum atomic E-state index is 12.5. The fourth-order valence-corrected chi connectivity index (χ4v) is 2.13. The Labute approximate surface area is 132 Å². The van der Waals surface area contributed by atoms with Gasteiger partial charge >= 0.3 is 0 Å². The fraction of sp³-hybridized carbons (Fsp3) is 0.133. The summed E-state index contributed by atoms with van der Waals surface area (Å²) in [6.07, 6.45) is 3.15. The first-order chi connectivity index (χ1) is 11.1. The first-order valence-electron chi connectivity index (χ1n) is 6.92. The van der Waals surface area contributed by atoms with Gasteiger partial charge in [0.15, 0.2) is 0 Å². The van der Waals surface area contributed by atoms with E-state index in [0.29, 0.717) is 17.1 Å². The summed E-state index contributed by atoms with van der Waals surface area (Å²) in [6, 6.07) is 10.7. The van der Waals surface area contributed by atoms with Crippen molar-refractivity contribution in [1.29, 1.82) is 0 Å². The quantitative estimate of drug-likeness (QED) is 0.783. The lowest BCUT2D eigenvalue weighted by molar-refractivity contribution is 0.102. The van der Waals surface area contributed by atoms with E-state index in [1.807, 2.05) is 26.2 Å². The third kappa shape index (κ3) is 3.15. The van der Waals surface area contributed by atoms with Crippen LogP contribution in [0.25, 0.3) is 5.69 Å². The van der Waals surface area contributed by atoms with Crippen LogP contribution in [0.5, 0.6) is 0 Å². The molecule has 0 atom stereocenters. The number of hydrogen-bond donors (Lipinski definition) is 1. The van der Waals surface area contributed by atoms with Crippen LogP contribution in [0, 0.1) is 0 Å². The molecule has 116 valence electrons. The number of nitrogens with one attached hydrogen (secondary N) is 1. The van der Waals surface area contributed by atoms with Crippen molar-refractivity contribution in [1.82, 2.24) is 25.2 Å². The molecule has 0 radical (unpaired) electrons. The average Bonchev–Trinajstić information content (AvgIpc) is 3.09. The SMILES string of the molecule is CN(C)c1ncccc1C(=O)Nc1cccc(-n2cnnn2)c1. The van der Waals surface area contributed by atoms with E-state index in [0.717, 1.165) is 5.69 Å². The Balaban J connectivity index is 1.85. The summed E-state index contributed by atoms with van der Waals surface area (Å²) in [5, 5.41) is 13.9. The van der Waals surface area contributed by atoms with Gasteiger partial charge in [-0.25, -0.2) is 9.67 Å². The highest BCUT2D eigenvalue weighted by Crippen LogP contribution is 2.18. The molecule has 3 aromatic rings. The Kier molecular flexibility index (Phi) is 3.96. The summed E-state index contributed by atoms with van der Waals surface area (Å²) < 4.78 is 1.52. The Morgan fingerprint density at radius 2 is 2.09 bits per heavy atom. The van der Waals surface area contributed by atoms with Gasteiger partial charge in [-0.15, -0.1) is 5.10 Å². The van der Waals surface area contributed by atoms with Gasteiger partial charge in [0.25, 0.3) is 5.91 Å². The number of tetrazole rings is 1. The maximum absolute atomic E-state index is 12.5. The number of carbonyl (C=O) groups is 1. The third-order valence-electron chi connectivity index (χ3n) is 3.17. The fourth-order valence-electron chi connectivity index (χ4n) is 2.13.